The highest BCUT2D eigenvalue weighted by atomic mass is 16.3. The monoisotopic (exact) mass is 263 g/mol. The van der Waals surface area contributed by atoms with Crippen molar-refractivity contribution in [1.29, 1.82) is 0 Å². The molecule has 4 nitrogen and oxygen atoms in total. The van der Waals surface area contributed by atoms with Gasteiger partial charge in [-0.25, -0.2) is 0 Å². The van der Waals surface area contributed by atoms with E-state index in [0.29, 0.717) is 5.56 Å². The molecule has 3 N–H and O–H groups in total. The highest BCUT2D eigenvalue weighted by molar-refractivity contribution is 5.95. The van der Waals surface area contributed by atoms with Crippen LogP contribution in [-0.2, 0) is 12.8 Å². The number of amides is 1. The lowest BCUT2D eigenvalue weighted by molar-refractivity contribution is 0.0723. The third kappa shape index (κ3) is 3.14. The molecule has 0 bridgehead atoms. The molecule has 104 valence electrons. The summed E-state index contributed by atoms with van der Waals surface area (Å²) >= 11 is 0. The molecule has 1 aliphatic rings. The molecule has 1 amide bonds. The number of hydrogen-bond donors (Lipinski definition) is 3. The number of carbonyl (C=O) groups is 1. The fraction of sp³-hybridized carbons (Fsp3) is 0.533. The summed E-state index contributed by atoms with van der Waals surface area (Å²) in [4.78, 5) is 12.1. The Hall–Kier alpha value is -1.39. The molecule has 0 aromatic heterocycles. The van der Waals surface area contributed by atoms with Crippen LogP contribution in [0.2, 0.25) is 0 Å². The van der Waals surface area contributed by atoms with E-state index in [2.05, 4.69) is 5.32 Å². The van der Waals surface area contributed by atoms with Gasteiger partial charge in [0.05, 0.1) is 18.8 Å². The Morgan fingerprint density at radius 2 is 1.84 bits per heavy atom. The number of carbonyl (C=O) groups excluding carboxylic acids is 1. The first-order chi connectivity index (χ1) is 9.08. The first-order valence-electron chi connectivity index (χ1n) is 6.74. The second-order valence-electron chi connectivity index (χ2n) is 5.52. The zero-order valence-corrected chi connectivity index (χ0v) is 11.3. The van der Waals surface area contributed by atoms with Crippen molar-refractivity contribution in [3.63, 3.8) is 0 Å². The topological polar surface area (TPSA) is 69.6 Å². The number of aliphatic hydroxyl groups excluding tert-OH is 2. The minimum Gasteiger partial charge on any atom is -0.394 e. The lowest BCUT2D eigenvalue weighted by Crippen LogP contribution is -2.51. The molecule has 2 rings (SSSR count). The summed E-state index contributed by atoms with van der Waals surface area (Å²) in [5.41, 5.74) is 2.18. The molecule has 0 radical (unpaired) electrons. The van der Waals surface area contributed by atoms with Crippen LogP contribution in [0.25, 0.3) is 0 Å². The van der Waals surface area contributed by atoms with E-state index in [1.54, 1.807) is 6.92 Å². The highest BCUT2D eigenvalue weighted by Crippen LogP contribution is 2.22. The van der Waals surface area contributed by atoms with Crippen molar-refractivity contribution >= 4 is 5.91 Å². The third-order valence-electron chi connectivity index (χ3n) is 3.72. The summed E-state index contributed by atoms with van der Waals surface area (Å²) < 4.78 is 0. The normalized spacial score (nSPS) is 14.9. The summed E-state index contributed by atoms with van der Waals surface area (Å²) in [5.74, 6) is -0.251. The number of aliphatic hydroxyl groups is 2. The Balaban J connectivity index is 2.15. The van der Waals surface area contributed by atoms with Gasteiger partial charge in [0.1, 0.15) is 0 Å². The van der Waals surface area contributed by atoms with Crippen molar-refractivity contribution in [2.75, 3.05) is 13.2 Å². The van der Waals surface area contributed by atoms with E-state index < -0.39 is 5.54 Å². The van der Waals surface area contributed by atoms with Crippen LogP contribution in [0, 0.1) is 0 Å². The van der Waals surface area contributed by atoms with Crippen molar-refractivity contribution < 1.29 is 15.0 Å². The Morgan fingerprint density at radius 3 is 2.47 bits per heavy atom. The number of aryl methyl sites for hydroxylation is 2. The molecular formula is C15H21NO3. The number of hydrogen-bond acceptors (Lipinski definition) is 3. The maximum atomic E-state index is 12.1. The molecule has 1 aliphatic carbocycles. The summed E-state index contributed by atoms with van der Waals surface area (Å²) in [5, 5.41) is 21.1. The van der Waals surface area contributed by atoms with Gasteiger partial charge in [0.2, 0.25) is 0 Å². The first-order valence-corrected chi connectivity index (χ1v) is 6.74. The summed E-state index contributed by atoms with van der Waals surface area (Å²) in [6.07, 6.45) is 4.49. The average molecular weight is 263 g/mol. The van der Waals surface area contributed by atoms with Crippen molar-refractivity contribution in [2.24, 2.45) is 0 Å². The van der Waals surface area contributed by atoms with Crippen LogP contribution in [0.5, 0.6) is 0 Å². The SMILES string of the molecule is CC(CO)(CO)NC(=O)c1ccc2c(c1)CCCC2. The lowest BCUT2D eigenvalue weighted by Gasteiger charge is -2.26. The Labute approximate surface area is 113 Å². The van der Waals surface area contributed by atoms with Gasteiger partial charge in [-0.15, -0.1) is 0 Å². The minimum absolute atomic E-state index is 0.251. The number of benzene rings is 1. The summed E-state index contributed by atoms with van der Waals surface area (Å²) in [6, 6.07) is 5.76. The Morgan fingerprint density at radius 1 is 1.21 bits per heavy atom. The molecule has 0 aliphatic heterocycles. The molecule has 0 saturated carbocycles. The van der Waals surface area contributed by atoms with E-state index in [1.165, 1.54) is 24.0 Å². The predicted molar refractivity (Wildman–Crippen MR) is 73.1 cm³/mol. The maximum absolute atomic E-state index is 12.1. The summed E-state index contributed by atoms with van der Waals surface area (Å²) in [6.45, 7) is 1.03. The molecule has 0 heterocycles. The third-order valence-corrected chi connectivity index (χ3v) is 3.72. The van der Waals surface area contributed by atoms with Crippen LogP contribution in [0.15, 0.2) is 18.2 Å². The van der Waals surface area contributed by atoms with E-state index in [1.807, 2.05) is 18.2 Å². The lowest BCUT2D eigenvalue weighted by atomic mass is 9.90. The van der Waals surface area contributed by atoms with E-state index in [9.17, 15) is 15.0 Å². The molecule has 0 atom stereocenters. The first kappa shape index (κ1) is 14.0. The molecule has 1 aromatic carbocycles. The minimum atomic E-state index is -0.979. The van der Waals surface area contributed by atoms with Gasteiger partial charge in [0, 0.05) is 5.56 Å². The number of nitrogens with one attached hydrogen (secondary N) is 1. The molecule has 0 fully saturated rings. The molecule has 0 unspecified atom stereocenters. The van der Waals surface area contributed by atoms with Crippen molar-refractivity contribution in [3.05, 3.63) is 34.9 Å². The number of rotatable bonds is 4. The van der Waals surface area contributed by atoms with Gasteiger partial charge in [-0.2, -0.15) is 0 Å². The average Bonchev–Trinajstić information content (AvgIpc) is 2.46. The Bertz CT molecular complexity index is 466. The van der Waals surface area contributed by atoms with E-state index in [0.717, 1.165) is 12.8 Å². The molecule has 19 heavy (non-hydrogen) atoms. The van der Waals surface area contributed by atoms with Crippen LogP contribution in [0.4, 0.5) is 0 Å². The van der Waals surface area contributed by atoms with Gasteiger partial charge in [-0.05, 0) is 55.9 Å². The van der Waals surface area contributed by atoms with Gasteiger partial charge in [-0.1, -0.05) is 6.07 Å². The van der Waals surface area contributed by atoms with Crippen molar-refractivity contribution in [2.45, 2.75) is 38.1 Å². The molecular weight excluding hydrogens is 242 g/mol. The van der Waals surface area contributed by atoms with Gasteiger partial charge in [0.25, 0.3) is 5.91 Å². The summed E-state index contributed by atoms with van der Waals surface area (Å²) in [7, 11) is 0. The van der Waals surface area contributed by atoms with Gasteiger partial charge < -0.3 is 15.5 Å². The van der Waals surface area contributed by atoms with E-state index in [4.69, 9.17) is 0 Å². The standard InChI is InChI=1S/C15H21NO3/c1-15(9-17,10-18)16-14(19)13-7-6-11-4-2-3-5-12(11)8-13/h6-8,17-18H,2-5,9-10H2,1H3,(H,16,19). The van der Waals surface area contributed by atoms with Gasteiger partial charge in [-0.3, -0.25) is 4.79 Å². The van der Waals surface area contributed by atoms with Gasteiger partial charge >= 0.3 is 0 Å². The molecule has 0 saturated heterocycles. The zero-order chi connectivity index (χ0) is 13.9. The molecule has 4 heteroatoms. The van der Waals surface area contributed by atoms with Crippen LogP contribution in [0.3, 0.4) is 0 Å². The van der Waals surface area contributed by atoms with Crippen LogP contribution < -0.4 is 5.32 Å². The van der Waals surface area contributed by atoms with Crippen molar-refractivity contribution in [3.8, 4) is 0 Å². The quantitative estimate of drug-likeness (QED) is 0.760. The molecule has 1 aromatic rings. The Kier molecular flexibility index (Phi) is 4.22. The highest BCUT2D eigenvalue weighted by Gasteiger charge is 2.25. The predicted octanol–water partition coefficient (Wildman–Crippen LogP) is 1.04. The fourth-order valence-corrected chi connectivity index (χ4v) is 2.35. The van der Waals surface area contributed by atoms with Crippen molar-refractivity contribution in [1.82, 2.24) is 5.32 Å². The molecule has 0 spiro atoms. The van der Waals surface area contributed by atoms with Crippen LogP contribution >= 0.6 is 0 Å². The zero-order valence-electron chi connectivity index (χ0n) is 11.3. The van der Waals surface area contributed by atoms with Gasteiger partial charge in [0.15, 0.2) is 0 Å². The smallest absolute Gasteiger partial charge is 0.251 e. The second-order valence-corrected chi connectivity index (χ2v) is 5.52. The largest absolute Gasteiger partial charge is 0.394 e. The van der Waals surface area contributed by atoms with E-state index >= 15 is 0 Å². The second kappa shape index (κ2) is 5.72. The van der Waals surface area contributed by atoms with Crippen LogP contribution in [0.1, 0.15) is 41.3 Å². The van der Waals surface area contributed by atoms with E-state index in [-0.39, 0.29) is 19.1 Å². The fourth-order valence-electron chi connectivity index (χ4n) is 2.35. The maximum Gasteiger partial charge on any atom is 0.251 e. The number of fused-ring (bicyclic) bond motifs is 1. The van der Waals surface area contributed by atoms with Crippen LogP contribution in [-0.4, -0.2) is 34.9 Å².